The minimum absolute atomic E-state index is 0.0156. The van der Waals surface area contributed by atoms with Gasteiger partial charge in [-0.15, -0.1) is 0 Å². The van der Waals surface area contributed by atoms with Crippen LogP contribution in [0.15, 0.2) is 12.5 Å². The Morgan fingerprint density at radius 3 is 2.24 bits per heavy atom. The number of nitrogens with zero attached hydrogens (tertiary/aromatic N) is 1. The number of nitrogens with two attached hydrogens (primary N) is 1. The average molecular weight is 410 g/mol. The van der Waals surface area contributed by atoms with Gasteiger partial charge in [-0.2, -0.15) is 0 Å². The predicted molar refractivity (Wildman–Crippen MR) is 104 cm³/mol. The Bertz CT molecular complexity index is 706. The van der Waals surface area contributed by atoms with Crippen LogP contribution in [0.2, 0.25) is 0 Å². The van der Waals surface area contributed by atoms with E-state index in [9.17, 15) is 24.3 Å². The van der Waals surface area contributed by atoms with Crippen molar-refractivity contribution in [2.24, 2.45) is 11.7 Å². The van der Waals surface area contributed by atoms with Crippen LogP contribution in [-0.4, -0.2) is 62.9 Å². The number of hydrogen-bond acceptors (Lipinski definition) is 6. The fraction of sp³-hybridized carbons (Fsp3) is 0.611. The number of carbonyl (C=O) groups is 4. The van der Waals surface area contributed by atoms with Gasteiger partial charge >= 0.3 is 5.97 Å². The van der Waals surface area contributed by atoms with Crippen molar-refractivity contribution >= 4 is 23.7 Å². The third kappa shape index (κ3) is 7.53. The van der Waals surface area contributed by atoms with E-state index in [-0.39, 0.29) is 12.3 Å². The first kappa shape index (κ1) is 24.1. The molecule has 0 aliphatic rings. The van der Waals surface area contributed by atoms with Gasteiger partial charge in [0.05, 0.1) is 12.4 Å². The summed E-state index contributed by atoms with van der Waals surface area (Å²) in [5.41, 5.74) is 6.09. The molecule has 0 saturated carbocycles. The molecule has 3 amide bonds. The zero-order chi connectivity index (χ0) is 22.1. The number of carboxylic acid groups (broad SMARTS) is 1. The summed E-state index contributed by atoms with van der Waals surface area (Å²) in [6.07, 6.45) is 3.50. The summed E-state index contributed by atoms with van der Waals surface area (Å²) >= 11 is 0. The number of nitrogens with one attached hydrogen (secondary N) is 4. The molecule has 0 radical (unpaired) electrons. The highest BCUT2D eigenvalue weighted by molar-refractivity contribution is 5.94. The molecule has 0 aliphatic carbocycles. The van der Waals surface area contributed by atoms with Gasteiger partial charge in [0.15, 0.2) is 0 Å². The maximum absolute atomic E-state index is 12.6. The topological polar surface area (TPSA) is 179 Å². The molecule has 0 spiro atoms. The van der Waals surface area contributed by atoms with Crippen LogP contribution in [0.5, 0.6) is 0 Å². The minimum Gasteiger partial charge on any atom is -0.480 e. The summed E-state index contributed by atoms with van der Waals surface area (Å²) in [5, 5.41) is 16.8. The third-order valence-corrected chi connectivity index (χ3v) is 4.55. The molecular formula is C18H30N6O5. The van der Waals surface area contributed by atoms with Crippen molar-refractivity contribution in [2.75, 3.05) is 0 Å². The van der Waals surface area contributed by atoms with Gasteiger partial charge in [0.25, 0.3) is 0 Å². The first-order valence-electron chi connectivity index (χ1n) is 9.43. The molecule has 0 aromatic carbocycles. The second kappa shape index (κ2) is 11.1. The Kier molecular flexibility index (Phi) is 9.26. The number of carbonyl (C=O) groups excluding carboxylic acids is 3. The van der Waals surface area contributed by atoms with Crippen LogP contribution in [0.25, 0.3) is 0 Å². The van der Waals surface area contributed by atoms with Crippen LogP contribution >= 0.6 is 0 Å². The summed E-state index contributed by atoms with van der Waals surface area (Å²) in [6, 6.07) is -3.85. The lowest BCUT2D eigenvalue weighted by atomic mass is 9.97. The Hall–Kier alpha value is -2.95. The van der Waals surface area contributed by atoms with Crippen LogP contribution < -0.4 is 21.7 Å². The van der Waals surface area contributed by atoms with E-state index in [1.807, 2.05) is 6.92 Å². The van der Waals surface area contributed by atoms with Crippen molar-refractivity contribution in [1.29, 1.82) is 0 Å². The fourth-order valence-corrected chi connectivity index (χ4v) is 2.47. The summed E-state index contributed by atoms with van der Waals surface area (Å²) in [7, 11) is 0. The van der Waals surface area contributed by atoms with Gasteiger partial charge in [-0.05, 0) is 19.8 Å². The van der Waals surface area contributed by atoms with Crippen molar-refractivity contribution in [3.63, 3.8) is 0 Å². The first-order chi connectivity index (χ1) is 13.6. The maximum Gasteiger partial charge on any atom is 0.326 e. The van der Waals surface area contributed by atoms with Crippen LogP contribution in [0.1, 0.15) is 39.8 Å². The summed E-state index contributed by atoms with van der Waals surface area (Å²) in [5.74, 6) is -3.09. The van der Waals surface area contributed by atoms with Gasteiger partial charge in [0.1, 0.15) is 18.1 Å². The quantitative estimate of drug-likeness (QED) is 0.268. The monoisotopic (exact) mass is 410 g/mol. The Morgan fingerprint density at radius 1 is 1.10 bits per heavy atom. The van der Waals surface area contributed by atoms with E-state index in [0.717, 1.165) is 0 Å². The van der Waals surface area contributed by atoms with Gasteiger partial charge < -0.3 is 31.8 Å². The number of aromatic nitrogens is 2. The maximum atomic E-state index is 12.6. The minimum atomic E-state index is -1.21. The van der Waals surface area contributed by atoms with Crippen molar-refractivity contribution in [2.45, 2.75) is 64.7 Å². The van der Waals surface area contributed by atoms with Gasteiger partial charge in [0, 0.05) is 18.3 Å². The lowest BCUT2D eigenvalue weighted by Gasteiger charge is -2.26. The molecule has 162 valence electrons. The van der Waals surface area contributed by atoms with Crippen LogP contribution in [0, 0.1) is 5.92 Å². The molecule has 5 atom stereocenters. The van der Waals surface area contributed by atoms with E-state index >= 15 is 0 Å². The molecule has 0 aliphatic heterocycles. The molecule has 1 aromatic heterocycles. The van der Waals surface area contributed by atoms with Gasteiger partial charge in [-0.25, -0.2) is 9.78 Å². The molecule has 29 heavy (non-hydrogen) atoms. The van der Waals surface area contributed by atoms with Gasteiger partial charge in [-0.1, -0.05) is 20.3 Å². The SMILES string of the molecule is CCC(C)C(NC(=O)C(C)N)C(=O)NC(C)C(=O)NC(Cc1cnc[nH]1)C(=O)O. The van der Waals surface area contributed by atoms with Crippen molar-refractivity contribution < 1.29 is 24.3 Å². The first-order valence-corrected chi connectivity index (χ1v) is 9.43. The fourth-order valence-electron chi connectivity index (χ4n) is 2.47. The highest BCUT2D eigenvalue weighted by Crippen LogP contribution is 2.09. The number of H-pyrrole nitrogens is 1. The number of rotatable bonds is 11. The van der Waals surface area contributed by atoms with Crippen LogP contribution in [0.3, 0.4) is 0 Å². The van der Waals surface area contributed by atoms with Gasteiger partial charge in [0.2, 0.25) is 17.7 Å². The molecule has 11 heteroatoms. The third-order valence-electron chi connectivity index (χ3n) is 4.55. The number of hydrogen-bond donors (Lipinski definition) is 6. The number of carboxylic acids is 1. The summed E-state index contributed by atoms with van der Waals surface area (Å²) < 4.78 is 0. The van der Waals surface area contributed by atoms with Crippen LogP contribution in [-0.2, 0) is 25.6 Å². The molecule has 5 unspecified atom stereocenters. The number of aromatic amines is 1. The van der Waals surface area contributed by atoms with E-state index < -0.39 is 47.9 Å². The second-order valence-corrected chi connectivity index (χ2v) is 7.07. The highest BCUT2D eigenvalue weighted by atomic mass is 16.4. The predicted octanol–water partition coefficient (Wildman–Crippen LogP) is -1.10. The highest BCUT2D eigenvalue weighted by Gasteiger charge is 2.30. The van der Waals surface area contributed by atoms with Crippen LogP contribution in [0.4, 0.5) is 0 Å². The molecule has 1 rings (SSSR count). The van der Waals surface area contributed by atoms with E-state index in [1.54, 1.807) is 6.92 Å². The van der Waals surface area contributed by atoms with E-state index in [0.29, 0.717) is 12.1 Å². The molecular weight excluding hydrogens is 380 g/mol. The molecule has 11 nitrogen and oxygen atoms in total. The largest absolute Gasteiger partial charge is 0.480 e. The number of aliphatic carboxylic acids is 1. The smallest absolute Gasteiger partial charge is 0.326 e. The molecule has 0 bridgehead atoms. The number of amides is 3. The summed E-state index contributed by atoms with van der Waals surface area (Å²) in [4.78, 5) is 54.9. The number of imidazole rings is 1. The standard InChI is InChI=1S/C18H30N6O5/c1-5-9(2)14(24-15(25)10(3)19)17(27)22-11(4)16(26)23-13(18(28)29)6-12-7-20-8-21-12/h7-11,13-14H,5-6,19H2,1-4H3,(H,20,21)(H,22,27)(H,23,26)(H,24,25)(H,28,29). The van der Waals surface area contributed by atoms with Gasteiger partial charge in [-0.3, -0.25) is 14.4 Å². The Balaban J connectivity index is 2.75. The molecule has 1 aromatic rings. The Labute approximate surface area is 169 Å². The van der Waals surface area contributed by atoms with E-state index in [1.165, 1.54) is 26.4 Å². The summed E-state index contributed by atoms with van der Waals surface area (Å²) in [6.45, 7) is 6.60. The van der Waals surface area contributed by atoms with E-state index in [4.69, 9.17) is 5.73 Å². The van der Waals surface area contributed by atoms with Crippen molar-refractivity contribution in [3.8, 4) is 0 Å². The van der Waals surface area contributed by atoms with E-state index in [2.05, 4.69) is 25.9 Å². The Morgan fingerprint density at radius 2 is 1.76 bits per heavy atom. The van der Waals surface area contributed by atoms with Crippen molar-refractivity contribution in [3.05, 3.63) is 18.2 Å². The normalized spacial score (nSPS) is 16.0. The zero-order valence-corrected chi connectivity index (χ0v) is 17.1. The molecule has 0 saturated heterocycles. The second-order valence-electron chi connectivity index (χ2n) is 7.07. The average Bonchev–Trinajstić information content (AvgIpc) is 3.17. The zero-order valence-electron chi connectivity index (χ0n) is 17.1. The van der Waals surface area contributed by atoms with Crippen molar-refractivity contribution in [1.82, 2.24) is 25.9 Å². The molecule has 0 fully saturated rings. The molecule has 7 N–H and O–H groups in total. The lowest BCUT2D eigenvalue weighted by molar-refractivity contribution is -0.142. The molecule has 1 heterocycles. The lowest BCUT2D eigenvalue weighted by Crippen LogP contribution is -2.57.